The maximum absolute atomic E-state index is 13.1. The topological polar surface area (TPSA) is 84.9 Å². The number of benzene rings is 3. The number of rotatable bonds is 7. The Labute approximate surface area is 192 Å². The lowest BCUT2D eigenvalue weighted by Crippen LogP contribution is -2.26. The molecule has 0 saturated carbocycles. The Bertz CT molecular complexity index is 1240. The van der Waals surface area contributed by atoms with E-state index in [9.17, 15) is 13.2 Å². The van der Waals surface area contributed by atoms with Gasteiger partial charge in [-0.1, -0.05) is 17.7 Å². The first-order valence-corrected chi connectivity index (χ1v) is 11.4. The monoisotopic (exact) mass is 474 g/mol. The molecule has 0 unspecified atom stereocenters. The highest BCUT2D eigenvalue weighted by atomic mass is 35.5. The number of halogens is 1. The van der Waals surface area contributed by atoms with Crippen LogP contribution in [0.5, 0.6) is 11.5 Å². The Balaban J connectivity index is 1.80. The van der Waals surface area contributed by atoms with E-state index in [-0.39, 0.29) is 10.8 Å². The van der Waals surface area contributed by atoms with Gasteiger partial charge in [0.2, 0.25) is 0 Å². The van der Waals surface area contributed by atoms with Gasteiger partial charge in [-0.3, -0.25) is 9.10 Å². The summed E-state index contributed by atoms with van der Waals surface area (Å²) in [5, 5.41) is 3.33. The summed E-state index contributed by atoms with van der Waals surface area (Å²) in [5.41, 5.74) is 2.26. The molecule has 3 rings (SSSR count). The molecule has 0 atom stereocenters. The standard InChI is InChI=1S/C23H23ClN2O5S/c1-15-5-8-17(13-20(15)24)25-23(27)16-6-9-18(10-7-16)26(2)32(28,29)19-11-12-21(30-3)22(14-19)31-4/h5-14H,1-4H3,(H,25,27). The van der Waals surface area contributed by atoms with Crippen LogP contribution in [-0.4, -0.2) is 35.6 Å². The fourth-order valence-electron chi connectivity index (χ4n) is 2.97. The first-order valence-electron chi connectivity index (χ1n) is 9.56. The van der Waals surface area contributed by atoms with Crippen LogP contribution in [0.25, 0.3) is 0 Å². The second-order valence-corrected chi connectivity index (χ2v) is 9.33. The third kappa shape index (κ3) is 4.81. The molecule has 3 aromatic carbocycles. The first-order chi connectivity index (χ1) is 15.2. The van der Waals surface area contributed by atoms with Gasteiger partial charge in [0, 0.05) is 29.4 Å². The number of nitrogens with one attached hydrogen (secondary N) is 1. The number of methoxy groups -OCH3 is 2. The first kappa shape index (κ1) is 23.4. The fourth-order valence-corrected chi connectivity index (χ4v) is 4.36. The molecule has 9 heteroatoms. The summed E-state index contributed by atoms with van der Waals surface area (Å²) in [6.45, 7) is 1.87. The van der Waals surface area contributed by atoms with Crippen molar-refractivity contribution in [3.63, 3.8) is 0 Å². The van der Waals surface area contributed by atoms with Gasteiger partial charge in [-0.15, -0.1) is 0 Å². The Morgan fingerprint density at radius 1 is 0.938 bits per heavy atom. The summed E-state index contributed by atoms with van der Waals surface area (Å²) in [4.78, 5) is 12.6. The molecule has 0 fully saturated rings. The molecule has 0 spiro atoms. The number of carbonyl (C=O) groups is 1. The van der Waals surface area contributed by atoms with Crippen molar-refractivity contribution in [1.82, 2.24) is 0 Å². The molecule has 1 amide bonds. The van der Waals surface area contributed by atoms with Crippen molar-refractivity contribution >= 4 is 38.9 Å². The summed E-state index contributed by atoms with van der Waals surface area (Å²) < 4.78 is 37.6. The largest absolute Gasteiger partial charge is 0.493 e. The van der Waals surface area contributed by atoms with Crippen molar-refractivity contribution in [3.8, 4) is 11.5 Å². The molecule has 0 aliphatic rings. The van der Waals surface area contributed by atoms with Crippen LogP contribution in [0.2, 0.25) is 5.02 Å². The van der Waals surface area contributed by atoms with Crippen molar-refractivity contribution in [2.24, 2.45) is 0 Å². The second kappa shape index (κ2) is 9.50. The third-order valence-electron chi connectivity index (χ3n) is 4.94. The lowest BCUT2D eigenvalue weighted by molar-refractivity contribution is 0.102. The number of ether oxygens (including phenoxy) is 2. The average Bonchev–Trinajstić information content (AvgIpc) is 2.80. The highest BCUT2D eigenvalue weighted by Crippen LogP contribution is 2.31. The number of hydrogen-bond acceptors (Lipinski definition) is 5. The van der Waals surface area contributed by atoms with Crippen molar-refractivity contribution in [2.75, 3.05) is 30.9 Å². The fraction of sp³-hybridized carbons (Fsp3) is 0.174. The van der Waals surface area contributed by atoms with Gasteiger partial charge in [0.1, 0.15) is 0 Å². The molecule has 0 aromatic heterocycles. The molecule has 0 aliphatic heterocycles. The Hall–Kier alpha value is -3.23. The van der Waals surface area contributed by atoms with Crippen LogP contribution in [-0.2, 0) is 10.0 Å². The maximum Gasteiger partial charge on any atom is 0.264 e. The van der Waals surface area contributed by atoms with E-state index in [1.807, 2.05) is 13.0 Å². The zero-order valence-electron chi connectivity index (χ0n) is 18.0. The van der Waals surface area contributed by atoms with Crippen LogP contribution in [0.1, 0.15) is 15.9 Å². The molecule has 0 aliphatic carbocycles. The molecule has 0 radical (unpaired) electrons. The third-order valence-corrected chi connectivity index (χ3v) is 7.12. The van der Waals surface area contributed by atoms with Crippen LogP contribution in [0.4, 0.5) is 11.4 Å². The highest BCUT2D eigenvalue weighted by Gasteiger charge is 2.23. The van der Waals surface area contributed by atoms with Crippen molar-refractivity contribution in [3.05, 3.63) is 76.8 Å². The van der Waals surface area contributed by atoms with Gasteiger partial charge < -0.3 is 14.8 Å². The Morgan fingerprint density at radius 3 is 2.19 bits per heavy atom. The average molecular weight is 475 g/mol. The highest BCUT2D eigenvalue weighted by molar-refractivity contribution is 7.92. The normalized spacial score (nSPS) is 11.0. The van der Waals surface area contributed by atoms with Crippen LogP contribution in [0.15, 0.2) is 65.6 Å². The molecule has 32 heavy (non-hydrogen) atoms. The number of nitrogens with zero attached hydrogens (tertiary/aromatic N) is 1. The van der Waals surface area contributed by atoms with E-state index in [2.05, 4.69) is 5.32 Å². The predicted octanol–water partition coefficient (Wildman–Crippen LogP) is 4.74. The molecule has 7 nitrogen and oxygen atoms in total. The van der Waals surface area contributed by atoms with Gasteiger partial charge >= 0.3 is 0 Å². The number of carbonyl (C=O) groups excluding carboxylic acids is 1. The zero-order chi connectivity index (χ0) is 23.5. The zero-order valence-corrected chi connectivity index (χ0v) is 19.6. The SMILES string of the molecule is COc1ccc(S(=O)(=O)N(C)c2ccc(C(=O)Nc3ccc(C)c(Cl)c3)cc2)cc1OC. The van der Waals surface area contributed by atoms with E-state index in [1.165, 1.54) is 39.5 Å². The molecule has 0 saturated heterocycles. The summed E-state index contributed by atoms with van der Waals surface area (Å²) in [6.07, 6.45) is 0. The number of hydrogen-bond donors (Lipinski definition) is 1. The van der Waals surface area contributed by atoms with Gasteiger partial charge in [0.15, 0.2) is 11.5 Å². The van der Waals surface area contributed by atoms with E-state index in [1.54, 1.807) is 36.4 Å². The second-order valence-electron chi connectivity index (χ2n) is 6.95. The molecule has 1 N–H and O–H groups in total. The number of anilines is 2. The minimum Gasteiger partial charge on any atom is -0.493 e. The van der Waals surface area contributed by atoms with Gasteiger partial charge in [0.25, 0.3) is 15.9 Å². The van der Waals surface area contributed by atoms with Crippen LogP contribution >= 0.6 is 11.6 Å². The summed E-state index contributed by atoms with van der Waals surface area (Å²) in [7, 11) is 0.495. The minimum atomic E-state index is -3.86. The van der Waals surface area contributed by atoms with E-state index in [4.69, 9.17) is 21.1 Å². The smallest absolute Gasteiger partial charge is 0.264 e. The Kier molecular flexibility index (Phi) is 6.96. The van der Waals surface area contributed by atoms with Gasteiger partial charge in [0.05, 0.1) is 24.8 Å². The van der Waals surface area contributed by atoms with Crippen LogP contribution < -0.4 is 19.1 Å². The minimum absolute atomic E-state index is 0.0516. The predicted molar refractivity (Wildman–Crippen MR) is 126 cm³/mol. The number of amides is 1. The van der Waals surface area contributed by atoms with Crippen molar-refractivity contribution < 1.29 is 22.7 Å². The molecule has 0 bridgehead atoms. The van der Waals surface area contributed by atoms with Gasteiger partial charge in [-0.25, -0.2) is 8.42 Å². The summed E-state index contributed by atoms with van der Waals surface area (Å²) >= 11 is 6.10. The van der Waals surface area contributed by atoms with E-state index < -0.39 is 10.0 Å². The van der Waals surface area contributed by atoms with E-state index in [0.717, 1.165) is 9.87 Å². The van der Waals surface area contributed by atoms with Crippen LogP contribution in [0, 0.1) is 6.92 Å². The number of sulfonamides is 1. The van der Waals surface area contributed by atoms with Gasteiger partial charge in [-0.05, 0) is 61.0 Å². The maximum atomic E-state index is 13.1. The lowest BCUT2D eigenvalue weighted by Gasteiger charge is -2.20. The molecular formula is C23H23ClN2O5S. The molecule has 168 valence electrons. The van der Waals surface area contributed by atoms with Crippen molar-refractivity contribution in [2.45, 2.75) is 11.8 Å². The molecule has 0 heterocycles. The number of aryl methyl sites for hydroxylation is 1. The van der Waals surface area contributed by atoms with Crippen molar-refractivity contribution in [1.29, 1.82) is 0 Å². The van der Waals surface area contributed by atoms with Gasteiger partial charge in [-0.2, -0.15) is 0 Å². The van der Waals surface area contributed by atoms with E-state index >= 15 is 0 Å². The Morgan fingerprint density at radius 2 is 1.59 bits per heavy atom. The summed E-state index contributed by atoms with van der Waals surface area (Å²) in [6, 6.07) is 15.9. The van der Waals surface area contributed by atoms with Crippen LogP contribution in [0.3, 0.4) is 0 Å². The molecular weight excluding hydrogens is 452 g/mol. The quantitative estimate of drug-likeness (QED) is 0.534. The lowest BCUT2D eigenvalue weighted by atomic mass is 10.1. The van der Waals surface area contributed by atoms with E-state index in [0.29, 0.717) is 33.5 Å². The summed E-state index contributed by atoms with van der Waals surface area (Å²) in [5.74, 6) is 0.409. The molecule has 3 aromatic rings.